The van der Waals surface area contributed by atoms with Crippen LogP contribution in [0.3, 0.4) is 0 Å². The van der Waals surface area contributed by atoms with Gasteiger partial charge in [0.05, 0.1) is 13.2 Å². The van der Waals surface area contributed by atoms with E-state index in [1.165, 1.54) is 44.5 Å². The van der Waals surface area contributed by atoms with Crippen LogP contribution in [0.25, 0.3) is 0 Å². The van der Waals surface area contributed by atoms with E-state index >= 15 is 0 Å². The van der Waals surface area contributed by atoms with E-state index in [2.05, 4.69) is 54.5 Å². The van der Waals surface area contributed by atoms with Crippen LogP contribution in [0, 0.1) is 12.8 Å². The predicted molar refractivity (Wildman–Crippen MR) is 125 cm³/mol. The first-order valence-electron chi connectivity index (χ1n) is 11.7. The number of benzene rings is 1. The van der Waals surface area contributed by atoms with Gasteiger partial charge in [0, 0.05) is 25.3 Å². The molecule has 6 heteroatoms. The fourth-order valence-electron chi connectivity index (χ4n) is 3.76. The van der Waals surface area contributed by atoms with Crippen LogP contribution in [-0.2, 0) is 11.3 Å². The SMILES string of the molecule is CCCN1CCC(CNC(=NCc2ccc(C)cc2OCCOCC)NCC)CC1. The minimum absolute atomic E-state index is 0.559. The zero-order valence-corrected chi connectivity index (χ0v) is 19.5. The lowest BCUT2D eigenvalue weighted by molar-refractivity contribution is 0.110. The van der Waals surface area contributed by atoms with Gasteiger partial charge in [-0.2, -0.15) is 0 Å². The molecule has 0 bridgehead atoms. The number of guanidine groups is 1. The van der Waals surface area contributed by atoms with Crippen molar-refractivity contribution in [2.45, 2.75) is 53.5 Å². The lowest BCUT2D eigenvalue weighted by atomic mass is 9.97. The van der Waals surface area contributed by atoms with E-state index in [-0.39, 0.29) is 0 Å². The first-order chi connectivity index (χ1) is 14.7. The molecule has 0 aromatic heterocycles. The zero-order valence-electron chi connectivity index (χ0n) is 19.5. The molecule has 2 N–H and O–H groups in total. The second-order valence-electron chi connectivity index (χ2n) is 8.02. The highest BCUT2D eigenvalue weighted by Crippen LogP contribution is 2.21. The van der Waals surface area contributed by atoms with Crippen LogP contribution in [0.2, 0.25) is 0 Å². The number of hydrogen-bond acceptors (Lipinski definition) is 4. The Kier molecular flexibility index (Phi) is 11.6. The van der Waals surface area contributed by atoms with Crippen LogP contribution in [-0.4, -0.2) is 63.4 Å². The van der Waals surface area contributed by atoms with Crippen LogP contribution < -0.4 is 15.4 Å². The molecule has 0 radical (unpaired) electrons. The third-order valence-electron chi connectivity index (χ3n) is 5.47. The summed E-state index contributed by atoms with van der Waals surface area (Å²) in [6, 6.07) is 6.31. The lowest BCUT2D eigenvalue weighted by Gasteiger charge is -2.32. The number of aliphatic imine (C=N–C) groups is 1. The molecule has 1 heterocycles. The summed E-state index contributed by atoms with van der Waals surface area (Å²) in [6.45, 7) is 16.4. The fourth-order valence-corrected chi connectivity index (χ4v) is 3.76. The van der Waals surface area contributed by atoms with E-state index in [4.69, 9.17) is 14.5 Å². The molecule has 0 atom stereocenters. The van der Waals surface area contributed by atoms with E-state index in [1.807, 2.05) is 6.92 Å². The van der Waals surface area contributed by atoms with Gasteiger partial charge in [0.1, 0.15) is 12.4 Å². The van der Waals surface area contributed by atoms with Crippen molar-refractivity contribution in [3.05, 3.63) is 29.3 Å². The molecule has 170 valence electrons. The Morgan fingerprint density at radius 1 is 1.13 bits per heavy atom. The third kappa shape index (κ3) is 8.92. The van der Waals surface area contributed by atoms with Crippen molar-refractivity contribution in [1.29, 1.82) is 0 Å². The van der Waals surface area contributed by atoms with Gasteiger partial charge in [-0.15, -0.1) is 0 Å². The second kappa shape index (κ2) is 14.3. The summed E-state index contributed by atoms with van der Waals surface area (Å²) in [5, 5.41) is 6.94. The molecule has 2 rings (SSSR count). The quantitative estimate of drug-likeness (QED) is 0.309. The van der Waals surface area contributed by atoms with Gasteiger partial charge in [-0.3, -0.25) is 0 Å². The average molecular weight is 419 g/mol. The lowest BCUT2D eigenvalue weighted by Crippen LogP contribution is -2.43. The molecule has 30 heavy (non-hydrogen) atoms. The highest BCUT2D eigenvalue weighted by atomic mass is 16.5. The molecule has 0 saturated carbocycles. The Bertz CT molecular complexity index is 628. The van der Waals surface area contributed by atoms with Crippen molar-refractivity contribution >= 4 is 5.96 Å². The number of nitrogens with one attached hydrogen (secondary N) is 2. The Morgan fingerprint density at radius 3 is 2.63 bits per heavy atom. The monoisotopic (exact) mass is 418 g/mol. The first kappa shape index (κ1) is 24.5. The maximum absolute atomic E-state index is 5.96. The van der Waals surface area contributed by atoms with Crippen LogP contribution in [0.1, 0.15) is 51.2 Å². The van der Waals surface area contributed by atoms with Gasteiger partial charge in [0.15, 0.2) is 5.96 Å². The fraction of sp³-hybridized carbons (Fsp3) is 0.708. The molecule has 0 spiro atoms. The number of nitrogens with zero attached hydrogens (tertiary/aromatic N) is 2. The van der Waals surface area contributed by atoms with Crippen molar-refractivity contribution in [1.82, 2.24) is 15.5 Å². The highest BCUT2D eigenvalue weighted by Gasteiger charge is 2.18. The molecule has 0 amide bonds. The maximum Gasteiger partial charge on any atom is 0.191 e. The Hall–Kier alpha value is -1.79. The van der Waals surface area contributed by atoms with Crippen molar-refractivity contribution < 1.29 is 9.47 Å². The topological polar surface area (TPSA) is 58.1 Å². The number of piperidine rings is 1. The van der Waals surface area contributed by atoms with Crippen molar-refractivity contribution in [2.75, 3.05) is 52.5 Å². The summed E-state index contributed by atoms with van der Waals surface area (Å²) in [6.07, 6.45) is 3.78. The minimum Gasteiger partial charge on any atom is -0.491 e. The van der Waals surface area contributed by atoms with Crippen LogP contribution in [0.4, 0.5) is 0 Å². The number of rotatable bonds is 12. The summed E-state index contributed by atoms with van der Waals surface area (Å²) in [5.41, 5.74) is 2.29. The summed E-state index contributed by atoms with van der Waals surface area (Å²) in [7, 11) is 0. The summed E-state index contributed by atoms with van der Waals surface area (Å²) in [4.78, 5) is 7.40. The smallest absolute Gasteiger partial charge is 0.191 e. The average Bonchev–Trinajstić information content (AvgIpc) is 2.75. The molecule has 6 nitrogen and oxygen atoms in total. The Labute approximate surface area is 183 Å². The molecule has 1 fully saturated rings. The van der Waals surface area contributed by atoms with Gasteiger partial charge >= 0.3 is 0 Å². The van der Waals surface area contributed by atoms with Gasteiger partial charge in [0.25, 0.3) is 0 Å². The van der Waals surface area contributed by atoms with Crippen LogP contribution in [0.15, 0.2) is 23.2 Å². The molecule has 1 aliphatic heterocycles. The molecular weight excluding hydrogens is 376 g/mol. The number of aryl methyl sites for hydroxylation is 1. The van der Waals surface area contributed by atoms with Gasteiger partial charge in [-0.1, -0.05) is 19.1 Å². The van der Waals surface area contributed by atoms with E-state index < -0.39 is 0 Å². The zero-order chi connectivity index (χ0) is 21.6. The summed E-state index contributed by atoms with van der Waals surface area (Å²) < 4.78 is 11.3. The van der Waals surface area contributed by atoms with Gasteiger partial charge in [-0.25, -0.2) is 4.99 Å². The predicted octanol–water partition coefficient (Wildman–Crippen LogP) is 3.59. The number of hydrogen-bond donors (Lipinski definition) is 2. The van der Waals surface area contributed by atoms with Gasteiger partial charge in [0.2, 0.25) is 0 Å². The van der Waals surface area contributed by atoms with Gasteiger partial charge < -0.3 is 25.0 Å². The standard InChI is InChI=1S/C24H42N4O2/c1-5-12-28-13-10-21(11-14-28)18-26-24(25-6-2)27-19-22-9-8-20(4)17-23(22)30-16-15-29-7-3/h8-9,17,21H,5-7,10-16,18-19H2,1-4H3,(H2,25,26,27). The van der Waals surface area contributed by atoms with E-state index in [0.717, 1.165) is 36.3 Å². The van der Waals surface area contributed by atoms with Crippen molar-refractivity contribution in [3.8, 4) is 5.75 Å². The van der Waals surface area contributed by atoms with E-state index in [9.17, 15) is 0 Å². The maximum atomic E-state index is 5.96. The molecule has 1 saturated heterocycles. The molecule has 0 unspecified atom stereocenters. The molecule has 1 aliphatic rings. The largest absolute Gasteiger partial charge is 0.491 e. The number of ether oxygens (including phenoxy) is 2. The van der Waals surface area contributed by atoms with E-state index in [0.29, 0.717) is 26.4 Å². The number of likely N-dealkylation sites (tertiary alicyclic amines) is 1. The summed E-state index contributed by atoms with van der Waals surface area (Å²) >= 11 is 0. The molecule has 1 aromatic carbocycles. The normalized spacial score (nSPS) is 15.9. The van der Waals surface area contributed by atoms with Crippen LogP contribution >= 0.6 is 0 Å². The molecule has 1 aromatic rings. The first-order valence-corrected chi connectivity index (χ1v) is 11.7. The Balaban J connectivity index is 1.89. The van der Waals surface area contributed by atoms with Crippen molar-refractivity contribution in [2.24, 2.45) is 10.9 Å². The Morgan fingerprint density at radius 2 is 1.93 bits per heavy atom. The molecular formula is C24H42N4O2. The van der Waals surface area contributed by atoms with Gasteiger partial charge in [-0.05, 0) is 77.2 Å². The molecule has 0 aliphatic carbocycles. The summed E-state index contributed by atoms with van der Waals surface area (Å²) in [5.74, 6) is 2.51. The second-order valence-corrected chi connectivity index (χ2v) is 8.02. The highest BCUT2D eigenvalue weighted by molar-refractivity contribution is 5.79. The van der Waals surface area contributed by atoms with Crippen molar-refractivity contribution in [3.63, 3.8) is 0 Å². The van der Waals surface area contributed by atoms with E-state index in [1.54, 1.807) is 0 Å². The van der Waals surface area contributed by atoms with Crippen LogP contribution in [0.5, 0.6) is 5.75 Å². The minimum atomic E-state index is 0.559. The third-order valence-corrected chi connectivity index (χ3v) is 5.47.